The monoisotopic (exact) mass is 270 g/mol. The Balaban J connectivity index is 1.97. The van der Waals surface area contributed by atoms with E-state index in [-0.39, 0.29) is 0 Å². The molecule has 0 spiro atoms. The molecule has 0 radical (unpaired) electrons. The summed E-state index contributed by atoms with van der Waals surface area (Å²) in [4.78, 5) is 8.84. The summed E-state index contributed by atoms with van der Waals surface area (Å²) in [5.41, 5.74) is 2.91. The number of rotatable bonds is 3. The quantitative estimate of drug-likeness (QED) is 0.761. The first kappa shape index (κ1) is 12.3. The van der Waals surface area contributed by atoms with Crippen molar-refractivity contribution < 1.29 is 5.11 Å². The maximum atomic E-state index is 9.78. The van der Waals surface area contributed by atoms with Gasteiger partial charge in [0.2, 0.25) is 0 Å². The molecule has 0 fully saturated rings. The molecule has 0 saturated heterocycles. The third-order valence-electron chi connectivity index (χ3n) is 2.94. The van der Waals surface area contributed by atoms with Crippen LogP contribution in [0.15, 0.2) is 58.6 Å². The van der Waals surface area contributed by atoms with Crippen molar-refractivity contribution in [2.75, 3.05) is 0 Å². The van der Waals surface area contributed by atoms with Gasteiger partial charge in [0.25, 0.3) is 0 Å². The van der Waals surface area contributed by atoms with Crippen LogP contribution < -0.4 is 0 Å². The normalized spacial score (nSPS) is 12.7. The first-order chi connectivity index (χ1) is 9.24. The molecular weight excluding hydrogens is 256 g/mol. The number of aromatic nitrogens is 2. The smallest absolute Gasteiger partial charge is 0.171 e. The molecule has 19 heavy (non-hydrogen) atoms. The van der Waals surface area contributed by atoms with Crippen LogP contribution in [0.2, 0.25) is 0 Å². The highest BCUT2D eigenvalue weighted by atomic mass is 32.2. The summed E-state index contributed by atoms with van der Waals surface area (Å²) in [6.45, 7) is 1.78. The summed E-state index contributed by atoms with van der Waals surface area (Å²) < 4.78 is 0. The minimum Gasteiger partial charge on any atom is -0.389 e. The fourth-order valence-electron chi connectivity index (χ4n) is 2.00. The van der Waals surface area contributed by atoms with Gasteiger partial charge in [0, 0.05) is 4.90 Å². The van der Waals surface area contributed by atoms with Gasteiger partial charge in [-0.05, 0) is 30.7 Å². The minimum atomic E-state index is -0.479. The molecule has 96 valence electrons. The number of aliphatic hydroxyl groups is 1. The van der Waals surface area contributed by atoms with E-state index in [0.29, 0.717) is 0 Å². The Kier molecular flexibility index (Phi) is 3.27. The number of aliphatic hydroxyl groups excluding tert-OH is 1. The molecule has 2 N–H and O–H groups in total. The predicted octanol–water partition coefficient (Wildman–Crippen LogP) is 3.77. The van der Waals surface area contributed by atoms with E-state index in [2.05, 4.69) is 9.97 Å². The standard InChI is InChI=1S/C15H14N2OS/c1-10(18)11-6-2-5-9-14(11)19-15-16-12-7-3-4-8-13(12)17-15/h2-10,18H,1H3,(H,16,17)/t10-/m1/s1. The van der Waals surface area contributed by atoms with Crippen molar-refractivity contribution in [1.29, 1.82) is 0 Å². The Morgan fingerprint density at radius 2 is 1.84 bits per heavy atom. The molecule has 3 nitrogen and oxygen atoms in total. The van der Waals surface area contributed by atoms with Crippen molar-refractivity contribution in [3.05, 3.63) is 54.1 Å². The van der Waals surface area contributed by atoms with Gasteiger partial charge in [-0.1, -0.05) is 42.1 Å². The van der Waals surface area contributed by atoms with E-state index < -0.39 is 6.10 Å². The van der Waals surface area contributed by atoms with E-state index in [4.69, 9.17) is 0 Å². The first-order valence-electron chi connectivity index (χ1n) is 6.13. The summed E-state index contributed by atoms with van der Waals surface area (Å²) in [7, 11) is 0. The average molecular weight is 270 g/mol. The Labute approximate surface area is 115 Å². The van der Waals surface area contributed by atoms with Crippen LogP contribution in [0.1, 0.15) is 18.6 Å². The van der Waals surface area contributed by atoms with E-state index in [1.807, 2.05) is 48.5 Å². The lowest BCUT2D eigenvalue weighted by Gasteiger charge is -2.09. The molecule has 0 saturated carbocycles. The Morgan fingerprint density at radius 1 is 1.11 bits per heavy atom. The SMILES string of the molecule is C[C@@H](O)c1ccccc1Sc1nc2ccccc2[nH]1. The third-order valence-corrected chi connectivity index (χ3v) is 3.92. The number of aromatic amines is 1. The van der Waals surface area contributed by atoms with E-state index in [1.54, 1.807) is 18.7 Å². The van der Waals surface area contributed by atoms with Gasteiger partial charge in [0.1, 0.15) is 0 Å². The number of hydrogen-bond donors (Lipinski definition) is 2. The zero-order valence-electron chi connectivity index (χ0n) is 10.5. The zero-order chi connectivity index (χ0) is 13.2. The second kappa shape index (κ2) is 5.07. The highest BCUT2D eigenvalue weighted by Crippen LogP contribution is 2.32. The molecule has 0 aliphatic carbocycles. The van der Waals surface area contributed by atoms with Crippen LogP contribution in [0.5, 0.6) is 0 Å². The highest BCUT2D eigenvalue weighted by Gasteiger charge is 2.10. The van der Waals surface area contributed by atoms with Crippen molar-refractivity contribution in [2.45, 2.75) is 23.1 Å². The van der Waals surface area contributed by atoms with E-state index in [9.17, 15) is 5.11 Å². The molecule has 0 unspecified atom stereocenters. The maximum Gasteiger partial charge on any atom is 0.171 e. The number of imidazole rings is 1. The van der Waals surface area contributed by atoms with Crippen LogP contribution in [0, 0.1) is 0 Å². The number of H-pyrrole nitrogens is 1. The number of para-hydroxylation sites is 2. The topological polar surface area (TPSA) is 48.9 Å². The number of hydrogen-bond acceptors (Lipinski definition) is 3. The van der Waals surface area contributed by atoms with Crippen LogP contribution in [0.3, 0.4) is 0 Å². The lowest BCUT2D eigenvalue weighted by Crippen LogP contribution is -1.93. The van der Waals surface area contributed by atoms with Crippen molar-refractivity contribution in [3.63, 3.8) is 0 Å². The second-order valence-electron chi connectivity index (χ2n) is 4.37. The van der Waals surface area contributed by atoms with Crippen LogP contribution in [-0.2, 0) is 0 Å². The largest absolute Gasteiger partial charge is 0.389 e. The van der Waals surface area contributed by atoms with Crippen LogP contribution in [0.4, 0.5) is 0 Å². The van der Waals surface area contributed by atoms with Crippen LogP contribution >= 0.6 is 11.8 Å². The van der Waals surface area contributed by atoms with E-state index >= 15 is 0 Å². The molecule has 1 heterocycles. The molecule has 4 heteroatoms. The summed E-state index contributed by atoms with van der Waals surface area (Å²) in [5.74, 6) is 0. The van der Waals surface area contributed by atoms with Gasteiger partial charge < -0.3 is 10.1 Å². The fourth-order valence-corrected chi connectivity index (χ4v) is 3.02. The summed E-state index contributed by atoms with van der Waals surface area (Å²) in [6, 6.07) is 15.8. The van der Waals surface area contributed by atoms with Gasteiger partial charge >= 0.3 is 0 Å². The van der Waals surface area contributed by atoms with Crippen molar-refractivity contribution in [1.82, 2.24) is 9.97 Å². The highest BCUT2D eigenvalue weighted by molar-refractivity contribution is 7.99. The Hall–Kier alpha value is -1.78. The van der Waals surface area contributed by atoms with E-state index in [0.717, 1.165) is 26.6 Å². The fraction of sp³-hybridized carbons (Fsp3) is 0.133. The van der Waals surface area contributed by atoms with Crippen LogP contribution in [0.25, 0.3) is 11.0 Å². The Bertz CT molecular complexity index is 673. The van der Waals surface area contributed by atoms with Gasteiger partial charge in [-0.25, -0.2) is 4.98 Å². The molecule has 3 aromatic rings. The first-order valence-corrected chi connectivity index (χ1v) is 6.95. The molecule has 3 rings (SSSR count). The molecular formula is C15H14N2OS. The van der Waals surface area contributed by atoms with Gasteiger partial charge in [0.15, 0.2) is 5.16 Å². The lowest BCUT2D eigenvalue weighted by molar-refractivity contribution is 0.196. The molecule has 0 aliphatic rings. The summed E-state index contributed by atoms with van der Waals surface area (Å²) in [6.07, 6.45) is -0.479. The summed E-state index contributed by atoms with van der Waals surface area (Å²) >= 11 is 1.54. The molecule has 2 aromatic carbocycles. The number of nitrogens with zero attached hydrogens (tertiary/aromatic N) is 1. The molecule has 1 aromatic heterocycles. The lowest BCUT2D eigenvalue weighted by atomic mass is 10.1. The Morgan fingerprint density at radius 3 is 2.63 bits per heavy atom. The predicted molar refractivity (Wildman–Crippen MR) is 77.3 cm³/mol. The number of benzene rings is 2. The van der Waals surface area contributed by atoms with Gasteiger partial charge in [-0.15, -0.1) is 0 Å². The van der Waals surface area contributed by atoms with Crippen molar-refractivity contribution in [2.24, 2.45) is 0 Å². The molecule has 1 atom stereocenters. The molecule has 0 bridgehead atoms. The van der Waals surface area contributed by atoms with Crippen LogP contribution in [-0.4, -0.2) is 15.1 Å². The van der Waals surface area contributed by atoms with Gasteiger partial charge in [0.05, 0.1) is 17.1 Å². The maximum absolute atomic E-state index is 9.78. The number of nitrogens with one attached hydrogen (secondary N) is 1. The van der Waals surface area contributed by atoms with Crippen molar-refractivity contribution >= 4 is 22.8 Å². The second-order valence-corrected chi connectivity index (χ2v) is 5.41. The van der Waals surface area contributed by atoms with Crippen molar-refractivity contribution in [3.8, 4) is 0 Å². The minimum absolute atomic E-state index is 0.479. The zero-order valence-corrected chi connectivity index (χ0v) is 11.3. The average Bonchev–Trinajstić information content (AvgIpc) is 2.81. The van der Waals surface area contributed by atoms with Gasteiger partial charge in [-0.2, -0.15) is 0 Å². The number of fused-ring (bicyclic) bond motifs is 1. The van der Waals surface area contributed by atoms with Gasteiger partial charge in [-0.3, -0.25) is 0 Å². The molecule has 0 amide bonds. The van der Waals surface area contributed by atoms with E-state index in [1.165, 1.54) is 0 Å². The third kappa shape index (κ3) is 2.50. The molecule has 0 aliphatic heterocycles. The summed E-state index contributed by atoms with van der Waals surface area (Å²) in [5, 5.41) is 10.6.